The number of halogens is 1. The van der Waals surface area contributed by atoms with Gasteiger partial charge in [-0.15, -0.1) is 0 Å². The van der Waals surface area contributed by atoms with Crippen LogP contribution in [0.5, 0.6) is 0 Å². The summed E-state index contributed by atoms with van der Waals surface area (Å²) in [5.74, 6) is -1.48. The van der Waals surface area contributed by atoms with Gasteiger partial charge in [0.05, 0.1) is 11.7 Å². The monoisotopic (exact) mass is 365 g/mol. The summed E-state index contributed by atoms with van der Waals surface area (Å²) in [5, 5.41) is 2.63. The summed E-state index contributed by atoms with van der Waals surface area (Å²) in [6.45, 7) is -0.00720. The Bertz CT molecular complexity index is 796. The topological polar surface area (TPSA) is 88.2 Å². The second kappa shape index (κ2) is 8.68. The fourth-order valence-corrected chi connectivity index (χ4v) is 2.92. The third kappa shape index (κ3) is 5.91. The minimum Gasteiger partial charge on any atom is -0.354 e. The van der Waals surface area contributed by atoms with Crippen molar-refractivity contribution in [3.63, 3.8) is 0 Å². The predicted molar refractivity (Wildman–Crippen MR) is 92.9 cm³/mol. The highest BCUT2D eigenvalue weighted by Gasteiger charge is 2.21. The Morgan fingerprint density at radius 2 is 1.96 bits per heavy atom. The lowest BCUT2D eigenvalue weighted by atomic mass is 9.91. The Morgan fingerprint density at radius 1 is 1.24 bits per heavy atom. The van der Waals surface area contributed by atoms with Gasteiger partial charge in [0.2, 0.25) is 15.9 Å². The number of nitrogens with one attached hydrogen (secondary N) is 2. The lowest BCUT2D eigenvalue weighted by Gasteiger charge is -2.17. The first kappa shape index (κ1) is 19.0. The molecule has 0 aliphatic heterocycles. The van der Waals surface area contributed by atoms with Gasteiger partial charge in [-0.3, -0.25) is 9.78 Å². The molecule has 0 bridgehead atoms. The summed E-state index contributed by atoms with van der Waals surface area (Å²) in [5.41, 5.74) is 1.51. The number of sulfonamides is 1. The van der Waals surface area contributed by atoms with Gasteiger partial charge in [-0.1, -0.05) is 18.2 Å². The molecule has 1 atom stereocenters. The van der Waals surface area contributed by atoms with E-state index >= 15 is 0 Å². The van der Waals surface area contributed by atoms with Crippen LogP contribution in [0.25, 0.3) is 0 Å². The van der Waals surface area contributed by atoms with Crippen LogP contribution in [0, 0.1) is 5.82 Å². The van der Waals surface area contributed by atoms with Gasteiger partial charge in [0.25, 0.3) is 0 Å². The first-order chi connectivity index (χ1) is 11.9. The molecule has 1 unspecified atom stereocenters. The molecular formula is C17H20FN3O3S. The van der Waals surface area contributed by atoms with Crippen molar-refractivity contribution in [2.45, 2.75) is 12.3 Å². The Balaban J connectivity index is 2.13. The molecule has 6 nitrogen and oxygen atoms in total. The SMILES string of the molecule is CNS(=O)(=O)CCNC(=O)C(Cc1cccnc1)c1ccc(F)cc1. The standard InChI is InChI=1S/C17H20FN3O3S/c1-19-25(23,24)10-9-21-17(22)16(11-13-3-2-8-20-12-13)14-4-6-15(18)7-5-14/h2-8,12,16,19H,9-11H2,1H3,(H,21,22). The normalized spacial score (nSPS) is 12.6. The smallest absolute Gasteiger partial charge is 0.227 e. The van der Waals surface area contributed by atoms with Crippen LogP contribution in [0.3, 0.4) is 0 Å². The molecule has 2 N–H and O–H groups in total. The van der Waals surface area contributed by atoms with E-state index in [4.69, 9.17) is 0 Å². The number of benzene rings is 1. The average molecular weight is 365 g/mol. The Labute approximate surface area is 146 Å². The molecule has 0 aliphatic carbocycles. The van der Waals surface area contributed by atoms with Gasteiger partial charge in [-0.05, 0) is 42.8 Å². The summed E-state index contributed by atoms with van der Waals surface area (Å²) in [6.07, 6.45) is 3.68. The van der Waals surface area contributed by atoms with Crippen LogP contribution in [-0.4, -0.2) is 38.7 Å². The third-order valence-corrected chi connectivity index (χ3v) is 5.10. The molecule has 2 rings (SSSR count). The average Bonchev–Trinajstić information content (AvgIpc) is 2.61. The largest absolute Gasteiger partial charge is 0.354 e. The van der Waals surface area contributed by atoms with Crippen LogP contribution in [0.15, 0.2) is 48.8 Å². The summed E-state index contributed by atoms with van der Waals surface area (Å²) < 4.78 is 38.2. The number of nitrogens with zero attached hydrogens (tertiary/aromatic N) is 1. The maximum Gasteiger partial charge on any atom is 0.227 e. The number of hydrogen-bond acceptors (Lipinski definition) is 4. The van der Waals surface area contributed by atoms with E-state index in [2.05, 4.69) is 15.0 Å². The van der Waals surface area contributed by atoms with Gasteiger partial charge in [0.1, 0.15) is 5.82 Å². The van der Waals surface area contributed by atoms with E-state index in [0.29, 0.717) is 12.0 Å². The lowest BCUT2D eigenvalue weighted by molar-refractivity contribution is -0.122. The molecule has 1 amide bonds. The summed E-state index contributed by atoms with van der Waals surface area (Å²) in [6, 6.07) is 9.33. The number of carbonyl (C=O) groups excluding carboxylic acids is 1. The van der Waals surface area contributed by atoms with Crippen molar-refractivity contribution in [1.82, 2.24) is 15.0 Å². The van der Waals surface area contributed by atoms with E-state index in [-0.39, 0.29) is 24.0 Å². The molecule has 134 valence electrons. The molecular weight excluding hydrogens is 345 g/mol. The predicted octanol–water partition coefficient (Wildman–Crippen LogP) is 1.21. The highest BCUT2D eigenvalue weighted by atomic mass is 32.2. The van der Waals surface area contributed by atoms with Crippen molar-refractivity contribution in [2.24, 2.45) is 0 Å². The van der Waals surface area contributed by atoms with E-state index in [1.54, 1.807) is 30.6 Å². The van der Waals surface area contributed by atoms with Crippen molar-refractivity contribution in [3.8, 4) is 0 Å². The van der Waals surface area contributed by atoms with Crippen LogP contribution in [0.2, 0.25) is 0 Å². The number of hydrogen-bond donors (Lipinski definition) is 2. The molecule has 2 aromatic rings. The second-order valence-corrected chi connectivity index (χ2v) is 7.53. The molecule has 0 fully saturated rings. The molecule has 1 aromatic carbocycles. The zero-order chi connectivity index (χ0) is 18.3. The number of aromatic nitrogens is 1. The maximum atomic E-state index is 13.2. The van der Waals surface area contributed by atoms with Crippen molar-refractivity contribution in [2.75, 3.05) is 19.3 Å². The molecule has 1 aromatic heterocycles. The van der Waals surface area contributed by atoms with Gasteiger partial charge < -0.3 is 5.32 Å². The molecule has 25 heavy (non-hydrogen) atoms. The summed E-state index contributed by atoms with van der Waals surface area (Å²) in [7, 11) is -2.07. The quantitative estimate of drug-likeness (QED) is 0.736. The van der Waals surface area contributed by atoms with Crippen molar-refractivity contribution in [3.05, 3.63) is 65.7 Å². The van der Waals surface area contributed by atoms with E-state index in [1.165, 1.54) is 19.2 Å². The fraction of sp³-hybridized carbons (Fsp3) is 0.294. The van der Waals surface area contributed by atoms with Gasteiger partial charge in [0, 0.05) is 18.9 Å². The van der Waals surface area contributed by atoms with Gasteiger partial charge in [-0.2, -0.15) is 0 Å². The highest BCUT2D eigenvalue weighted by Crippen LogP contribution is 2.21. The summed E-state index contributed by atoms with van der Waals surface area (Å²) >= 11 is 0. The number of carbonyl (C=O) groups is 1. The first-order valence-electron chi connectivity index (χ1n) is 7.74. The van der Waals surface area contributed by atoms with Crippen LogP contribution >= 0.6 is 0 Å². The third-order valence-electron chi connectivity index (χ3n) is 3.73. The Morgan fingerprint density at radius 3 is 2.56 bits per heavy atom. The molecule has 0 spiro atoms. The Hall–Kier alpha value is -2.32. The fourth-order valence-electron chi connectivity index (χ4n) is 2.35. The maximum absolute atomic E-state index is 13.2. The minimum atomic E-state index is -3.39. The van der Waals surface area contributed by atoms with Crippen molar-refractivity contribution >= 4 is 15.9 Å². The van der Waals surface area contributed by atoms with E-state index in [1.807, 2.05) is 6.07 Å². The number of amides is 1. The zero-order valence-electron chi connectivity index (χ0n) is 13.8. The lowest BCUT2D eigenvalue weighted by Crippen LogP contribution is -2.36. The molecule has 0 radical (unpaired) electrons. The van der Waals surface area contributed by atoms with Crippen LogP contribution in [-0.2, 0) is 21.2 Å². The van der Waals surface area contributed by atoms with Crippen molar-refractivity contribution in [1.29, 1.82) is 0 Å². The summed E-state index contributed by atoms with van der Waals surface area (Å²) in [4.78, 5) is 16.6. The molecule has 0 saturated heterocycles. The number of pyridine rings is 1. The van der Waals surface area contributed by atoms with Crippen LogP contribution in [0.4, 0.5) is 4.39 Å². The zero-order valence-corrected chi connectivity index (χ0v) is 14.6. The minimum absolute atomic E-state index is 0.00720. The van der Waals surface area contributed by atoms with Gasteiger partial charge >= 0.3 is 0 Å². The Kier molecular flexibility index (Phi) is 6.60. The van der Waals surface area contributed by atoms with E-state index < -0.39 is 15.9 Å². The molecule has 0 saturated carbocycles. The van der Waals surface area contributed by atoms with Gasteiger partial charge in [0.15, 0.2) is 0 Å². The molecule has 0 aliphatic rings. The second-order valence-electron chi connectivity index (χ2n) is 5.48. The van der Waals surface area contributed by atoms with E-state index in [0.717, 1.165) is 5.56 Å². The number of rotatable bonds is 8. The van der Waals surface area contributed by atoms with Crippen LogP contribution in [0.1, 0.15) is 17.0 Å². The highest BCUT2D eigenvalue weighted by molar-refractivity contribution is 7.89. The van der Waals surface area contributed by atoms with Crippen LogP contribution < -0.4 is 10.0 Å². The van der Waals surface area contributed by atoms with E-state index in [9.17, 15) is 17.6 Å². The van der Waals surface area contributed by atoms with Crippen molar-refractivity contribution < 1.29 is 17.6 Å². The molecule has 1 heterocycles. The molecule has 8 heteroatoms. The first-order valence-corrected chi connectivity index (χ1v) is 9.40. The van der Waals surface area contributed by atoms with Gasteiger partial charge in [-0.25, -0.2) is 17.5 Å².